The molecule has 2 saturated carbocycles. The van der Waals surface area contributed by atoms with E-state index in [-0.39, 0.29) is 0 Å². The van der Waals surface area contributed by atoms with Gasteiger partial charge in [0.1, 0.15) is 0 Å². The van der Waals surface area contributed by atoms with Crippen molar-refractivity contribution < 1.29 is 0 Å². The van der Waals surface area contributed by atoms with Gasteiger partial charge in [0.25, 0.3) is 0 Å². The van der Waals surface area contributed by atoms with E-state index in [0.29, 0.717) is 5.92 Å². The fourth-order valence-corrected chi connectivity index (χ4v) is 4.72. The molecule has 1 aromatic carbocycles. The van der Waals surface area contributed by atoms with Crippen molar-refractivity contribution in [3.8, 4) is 0 Å². The fraction of sp³-hybridized carbons (Fsp3) is 0.636. The van der Waals surface area contributed by atoms with E-state index in [1.165, 1.54) is 75.3 Å². The number of hydrogen-bond acceptors (Lipinski definition) is 0. The summed E-state index contributed by atoms with van der Waals surface area (Å²) in [5.41, 5.74) is 4.61. The Bertz CT molecular complexity index is 473. The molecule has 0 saturated heterocycles. The minimum Gasteiger partial charge on any atom is -0.0990 e. The van der Waals surface area contributed by atoms with Gasteiger partial charge in [0.15, 0.2) is 0 Å². The third-order valence-electron chi connectivity index (χ3n) is 6.07. The molecule has 0 aliphatic heterocycles. The molecule has 0 spiro atoms. The van der Waals surface area contributed by atoms with Crippen LogP contribution in [-0.2, 0) is 0 Å². The Hall–Kier alpha value is -1.04. The third kappa shape index (κ3) is 3.47. The molecule has 0 N–H and O–H groups in total. The SMILES string of the molecule is C=C1C(CCC)CCCC1c1ccc(C2CCCCC2)cc1. The van der Waals surface area contributed by atoms with Crippen LogP contribution in [0.15, 0.2) is 36.4 Å². The van der Waals surface area contributed by atoms with Crippen molar-refractivity contribution in [1.29, 1.82) is 0 Å². The first-order valence-corrected chi connectivity index (χ1v) is 9.58. The van der Waals surface area contributed by atoms with Crippen LogP contribution in [0.25, 0.3) is 0 Å². The highest BCUT2D eigenvalue weighted by molar-refractivity contribution is 5.33. The highest BCUT2D eigenvalue weighted by atomic mass is 14.3. The van der Waals surface area contributed by atoms with E-state index < -0.39 is 0 Å². The van der Waals surface area contributed by atoms with E-state index in [0.717, 1.165) is 11.8 Å². The quantitative estimate of drug-likeness (QED) is 0.526. The largest absolute Gasteiger partial charge is 0.0990 e. The van der Waals surface area contributed by atoms with Crippen molar-refractivity contribution in [1.82, 2.24) is 0 Å². The molecule has 0 bridgehead atoms. The van der Waals surface area contributed by atoms with Crippen molar-refractivity contribution in [3.05, 3.63) is 47.5 Å². The molecule has 0 nitrogen and oxygen atoms in total. The molecule has 2 atom stereocenters. The van der Waals surface area contributed by atoms with E-state index in [1.54, 1.807) is 5.56 Å². The summed E-state index contributed by atoms with van der Waals surface area (Å²) < 4.78 is 0. The lowest BCUT2D eigenvalue weighted by atomic mass is 9.72. The van der Waals surface area contributed by atoms with Gasteiger partial charge in [0, 0.05) is 5.92 Å². The van der Waals surface area contributed by atoms with E-state index in [2.05, 4.69) is 37.8 Å². The molecule has 22 heavy (non-hydrogen) atoms. The van der Waals surface area contributed by atoms with Crippen LogP contribution >= 0.6 is 0 Å². The van der Waals surface area contributed by atoms with Gasteiger partial charge in [0.2, 0.25) is 0 Å². The molecule has 2 aliphatic carbocycles. The highest BCUT2D eigenvalue weighted by Crippen LogP contribution is 2.42. The number of allylic oxidation sites excluding steroid dienone is 1. The topological polar surface area (TPSA) is 0 Å². The number of benzene rings is 1. The lowest BCUT2D eigenvalue weighted by Gasteiger charge is -2.32. The Balaban J connectivity index is 1.70. The van der Waals surface area contributed by atoms with E-state index >= 15 is 0 Å². The van der Waals surface area contributed by atoms with E-state index in [9.17, 15) is 0 Å². The molecule has 0 aromatic heterocycles. The number of rotatable bonds is 4. The Morgan fingerprint density at radius 3 is 2.23 bits per heavy atom. The van der Waals surface area contributed by atoms with E-state index in [4.69, 9.17) is 0 Å². The standard InChI is InChI=1S/C22H32/c1-3-8-18-11-7-12-22(17(18)2)21-15-13-20(14-16-21)19-9-5-4-6-10-19/h13-16,18-19,22H,2-12H2,1H3. The summed E-state index contributed by atoms with van der Waals surface area (Å²) in [7, 11) is 0. The Morgan fingerprint density at radius 1 is 0.864 bits per heavy atom. The smallest absolute Gasteiger partial charge is 0.00482 e. The highest BCUT2D eigenvalue weighted by Gasteiger charge is 2.26. The zero-order chi connectivity index (χ0) is 15.4. The van der Waals surface area contributed by atoms with Crippen molar-refractivity contribution in [2.24, 2.45) is 5.92 Å². The number of hydrogen-bond donors (Lipinski definition) is 0. The second-order valence-electron chi connectivity index (χ2n) is 7.55. The summed E-state index contributed by atoms with van der Waals surface area (Å²) in [6.07, 6.45) is 13.7. The third-order valence-corrected chi connectivity index (χ3v) is 6.07. The molecule has 0 amide bonds. The van der Waals surface area contributed by atoms with Crippen molar-refractivity contribution in [2.75, 3.05) is 0 Å². The minimum atomic E-state index is 0.616. The second-order valence-corrected chi connectivity index (χ2v) is 7.55. The van der Waals surface area contributed by atoms with Crippen molar-refractivity contribution in [3.63, 3.8) is 0 Å². The van der Waals surface area contributed by atoms with Gasteiger partial charge in [-0.25, -0.2) is 0 Å². The normalized spacial score (nSPS) is 27.0. The van der Waals surface area contributed by atoms with Gasteiger partial charge < -0.3 is 0 Å². The predicted molar refractivity (Wildman–Crippen MR) is 96.4 cm³/mol. The summed E-state index contributed by atoms with van der Waals surface area (Å²) in [5, 5.41) is 0. The first-order chi connectivity index (χ1) is 10.8. The molecule has 120 valence electrons. The predicted octanol–water partition coefficient (Wildman–Crippen LogP) is 6.97. The first kappa shape index (κ1) is 15.8. The summed E-state index contributed by atoms with van der Waals surface area (Å²) in [5.74, 6) is 2.21. The maximum atomic E-state index is 4.48. The Kier molecular flexibility index (Phi) is 5.39. The maximum Gasteiger partial charge on any atom is 0.00482 e. The lowest BCUT2D eigenvalue weighted by molar-refractivity contribution is 0.398. The molecule has 0 radical (unpaired) electrons. The molecule has 2 fully saturated rings. The lowest BCUT2D eigenvalue weighted by Crippen LogP contribution is -2.17. The van der Waals surface area contributed by atoms with Crippen LogP contribution in [0.4, 0.5) is 0 Å². The average molecular weight is 296 g/mol. The minimum absolute atomic E-state index is 0.616. The van der Waals surface area contributed by atoms with Crippen molar-refractivity contribution >= 4 is 0 Å². The van der Waals surface area contributed by atoms with Gasteiger partial charge >= 0.3 is 0 Å². The molecule has 2 unspecified atom stereocenters. The Labute approximate surface area is 137 Å². The maximum absolute atomic E-state index is 4.48. The zero-order valence-corrected chi connectivity index (χ0v) is 14.3. The van der Waals surface area contributed by atoms with Crippen LogP contribution in [0.1, 0.15) is 94.1 Å². The van der Waals surface area contributed by atoms with Gasteiger partial charge in [-0.15, -0.1) is 0 Å². The van der Waals surface area contributed by atoms with Gasteiger partial charge in [-0.3, -0.25) is 0 Å². The summed E-state index contributed by atoms with van der Waals surface area (Å²) in [6.45, 7) is 6.79. The molecule has 0 heterocycles. The molecule has 1 aromatic rings. The molecule has 0 heteroatoms. The van der Waals surface area contributed by atoms with Crippen molar-refractivity contribution in [2.45, 2.75) is 83.0 Å². The van der Waals surface area contributed by atoms with Crippen LogP contribution in [0.2, 0.25) is 0 Å². The van der Waals surface area contributed by atoms with Crippen LogP contribution in [-0.4, -0.2) is 0 Å². The molecular weight excluding hydrogens is 264 g/mol. The fourth-order valence-electron chi connectivity index (χ4n) is 4.72. The summed E-state index contributed by atoms with van der Waals surface area (Å²) in [4.78, 5) is 0. The van der Waals surface area contributed by atoms with Crippen LogP contribution in [0.5, 0.6) is 0 Å². The summed E-state index contributed by atoms with van der Waals surface area (Å²) >= 11 is 0. The zero-order valence-electron chi connectivity index (χ0n) is 14.3. The van der Waals surface area contributed by atoms with Gasteiger partial charge in [-0.05, 0) is 55.1 Å². The van der Waals surface area contributed by atoms with Gasteiger partial charge in [-0.2, -0.15) is 0 Å². The average Bonchev–Trinajstić information content (AvgIpc) is 2.58. The summed E-state index contributed by atoms with van der Waals surface area (Å²) in [6, 6.07) is 9.66. The van der Waals surface area contributed by atoms with Crippen LogP contribution in [0.3, 0.4) is 0 Å². The van der Waals surface area contributed by atoms with Gasteiger partial charge in [-0.1, -0.05) is 75.4 Å². The Morgan fingerprint density at radius 2 is 1.55 bits per heavy atom. The monoisotopic (exact) mass is 296 g/mol. The van der Waals surface area contributed by atoms with Crippen LogP contribution < -0.4 is 0 Å². The first-order valence-electron chi connectivity index (χ1n) is 9.58. The second kappa shape index (κ2) is 7.49. The van der Waals surface area contributed by atoms with E-state index in [1.807, 2.05) is 0 Å². The molecule has 2 aliphatic rings. The molecular formula is C22H32. The molecule has 3 rings (SSSR count). The van der Waals surface area contributed by atoms with Gasteiger partial charge in [0.05, 0.1) is 0 Å². The van der Waals surface area contributed by atoms with Crippen LogP contribution in [0, 0.1) is 5.92 Å².